The summed E-state index contributed by atoms with van der Waals surface area (Å²) < 4.78 is 0. The minimum atomic E-state index is -0.499. The van der Waals surface area contributed by atoms with E-state index in [1.54, 1.807) is 0 Å². The highest BCUT2D eigenvalue weighted by Gasteiger charge is 2.24. The summed E-state index contributed by atoms with van der Waals surface area (Å²) in [6.07, 6.45) is 0. The summed E-state index contributed by atoms with van der Waals surface area (Å²) in [6.45, 7) is 0. The number of hydrogen-bond acceptors (Lipinski definition) is 2. The first-order valence-corrected chi connectivity index (χ1v) is 6.35. The predicted molar refractivity (Wildman–Crippen MR) is 81.4 cm³/mol. The van der Waals surface area contributed by atoms with Crippen molar-refractivity contribution in [2.45, 2.75) is 0 Å². The fourth-order valence-corrected chi connectivity index (χ4v) is 2.58. The third-order valence-electron chi connectivity index (χ3n) is 3.42. The summed E-state index contributed by atoms with van der Waals surface area (Å²) in [5, 5.41) is 0. The highest BCUT2D eigenvalue weighted by molar-refractivity contribution is 6.13. The summed E-state index contributed by atoms with van der Waals surface area (Å²) in [5.41, 5.74) is 16.1. The molecule has 4 N–H and O–H groups in total. The molecule has 2 aliphatic rings. The zero-order chi connectivity index (χ0) is 14.1. The molecule has 3 nitrogen and oxygen atoms in total. The normalized spacial score (nSPS) is 10.6. The van der Waals surface area contributed by atoms with Crippen molar-refractivity contribution < 1.29 is 4.79 Å². The monoisotopic (exact) mass is 262 g/mol. The largest absolute Gasteiger partial charge is 0.398 e. The van der Waals surface area contributed by atoms with Gasteiger partial charge in [0.05, 0.1) is 11.3 Å². The first-order valence-electron chi connectivity index (χ1n) is 6.35. The first-order chi connectivity index (χ1) is 9.70. The molecule has 20 heavy (non-hydrogen) atoms. The number of carbonyl (C=O) groups is 1. The second-order valence-electron chi connectivity index (χ2n) is 4.63. The van der Waals surface area contributed by atoms with Crippen LogP contribution in [0.1, 0.15) is 10.4 Å². The van der Waals surface area contributed by atoms with Crippen LogP contribution in [0, 0.1) is 0 Å². The molecule has 0 radical (unpaired) electrons. The van der Waals surface area contributed by atoms with Crippen molar-refractivity contribution in [3.63, 3.8) is 0 Å². The predicted octanol–water partition coefficient (Wildman–Crippen LogP) is 3.14. The third kappa shape index (κ3) is 1.80. The van der Waals surface area contributed by atoms with Crippen LogP contribution in [0.2, 0.25) is 0 Å². The van der Waals surface area contributed by atoms with E-state index in [-0.39, 0.29) is 0 Å². The van der Waals surface area contributed by atoms with Gasteiger partial charge < -0.3 is 11.5 Å². The molecule has 0 unspecified atom stereocenters. The summed E-state index contributed by atoms with van der Waals surface area (Å²) >= 11 is 0. The molecule has 0 aromatic heterocycles. The zero-order valence-electron chi connectivity index (χ0n) is 10.8. The van der Waals surface area contributed by atoms with Gasteiger partial charge in [0, 0.05) is 5.56 Å². The molecule has 1 amide bonds. The van der Waals surface area contributed by atoms with Gasteiger partial charge in [-0.1, -0.05) is 60.7 Å². The summed E-state index contributed by atoms with van der Waals surface area (Å²) in [5.74, 6) is -0.499. The lowest BCUT2D eigenvalue weighted by atomic mass is 10.0. The number of benzene rings is 1. The maximum atomic E-state index is 11.7. The van der Waals surface area contributed by atoms with Crippen molar-refractivity contribution in [2.75, 3.05) is 5.73 Å². The number of nitrogen functional groups attached to an aromatic ring is 1. The number of nitrogens with two attached hydrogens (primary N) is 2. The van der Waals surface area contributed by atoms with Crippen molar-refractivity contribution >= 4 is 11.6 Å². The lowest BCUT2D eigenvalue weighted by Crippen LogP contribution is -2.12. The van der Waals surface area contributed by atoms with E-state index < -0.39 is 5.91 Å². The highest BCUT2D eigenvalue weighted by Crippen LogP contribution is 2.44. The molecule has 0 saturated carbocycles. The second-order valence-corrected chi connectivity index (χ2v) is 4.63. The van der Waals surface area contributed by atoms with Crippen LogP contribution < -0.4 is 11.5 Å². The van der Waals surface area contributed by atoms with Crippen LogP contribution in [0.25, 0.3) is 22.3 Å². The standard InChI is InChI=1S/C17H14N2O/c18-16-14(11-7-3-1-4-8-11)12-9-5-2-6-10-13(12)15(16)17(19)20/h1-10H,18H2,(H2,19,20). The third-order valence-corrected chi connectivity index (χ3v) is 3.42. The average Bonchev–Trinajstić information content (AvgIpc) is 2.59. The number of hydrogen-bond donors (Lipinski definition) is 2. The van der Waals surface area contributed by atoms with Gasteiger partial charge in [-0.15, -0.1) is 0 Å². The molecule has 0 bridgehead atoms. The number of rotatable bonds is 2. The van der Waals surface area contributed by atoms with E-state index in [2.05, 4.69) is 0 Å². The Bertz CT molecular complexity index is 750. The van der Waals surface area contributed by atoms with E-state index in [1.807, 2.05) is 60.7 Å². The summed E-state index contributed by atoms with van der Waals surface area (Å²) in [6, 6.07) is 19.3. The smallest absolute Gasteiger partial charge is 0.251 e. The van der Waals surface area contributed by atoms with Gasteiger partial charge in [-0.2, -0.15) is 0 Å². The number of primary amides is 1. The Labute approximate surface area is 117 Å². The molecule has 0 aliphatic heterocycles. The second kappa shape index (κ2) is 4.70. The van der Waals surface area contributed by atoms with Crippen LogP contribution in [0.3, 0.4) is 0 Å². The average molecular weight is 262 g/mol. The topological polar surface area (TPSA) is 69.1 Å². The Balaban J connectivity index is 2.40. The molecule has 1 aromatic carbocycles. The molecular formula is C17H14N2O. The minimum Gasteiger partial charge on any atom is -0.398 e. The van der Waals surface area contributed by atoms with E-state index in [0.717, 1.165) is 22.3 Å². The van der Waals surface area contributed by atoms with Gasteiger partial charge in [0.2, 0.25) is 0 Å². The number of amides is 1. The van der Waals surface area contributed by atoms with Crippen LogP contribution in [-0.2, 0) is 0 Å². The van der Waals surface area contributed by atoms with Crippen LogP contribution in [0.5, 0.6) is 0 Å². The molecule has 0 spiro atoms. The van der Waals surface area contributed by atoms with Crippen LogP contribution >= 0.6 is 0 Å². The van der Waals surface area contributed by atoms with Gasteiger partial charge >= 0.3 is 0 Å². The molecule has 3 rings (SSSR count). The quantitative estimate of drug-likeness (QED) is 0.745. The number of anilines is 1. The Morgan fingerprint density at radius 3 is 1.95 bits per heavy atom. The molecule has 1 aromatic rings. The molecule has 0 atom stereocenters. The van der Waals surface area contributed by atoms with Crippen molar-refractivity contribution in [3.8, 4) is 22.3 Å². The van der Waals surface area contributed by atoms with Gasteiger partial charge in [0.15, 0.2) is 0 Å². The molecule has 0 heterocycles. The van der Waals surface area contributed by atoms with Crippen LogP contribution in [0.4, 0.5) is 5.69 Å². The Kier molecular flexibility index (Phi) is 2.88. The maximum Gasteiger partial charge on any atom is 0.251 e. The maximum absolute atomic E-state index is 11.7. The summed E-state index contributed by atoms with van der Waals surface area (Å²) in [7, 11) is 0. The number of fused-ring (bicyclic) bond motifs is 1. The lowest BCUT2D eigenvalue weighted by Gasteiger charge is -2.03. The van der Waals surface area contributed by atoms with Crippen molar-refractivity contribution in [1.82, 2.24) is 0 Å². The Morgan fingerprint density at radius 1 is 0.800 bits per heavy atom. The van der Waals surface area contributed by atoms with E-state index in [4.69, 9.17) is 11.5 Å². The molecule has 2 aliphatic carbocycles. The fourth-order valence-electron chi connectivity index (χ4n) is 2.58. The van der Waals surface area contributed by atoms with Gasteiger partial charge in [0.25, 0.3) is 5.91 Å². The van der Waals surface area contributed by atoms with Gasteiger partial charge in [-0.05, 0) is 16.7 Å². The minimum absolute atomic E-state index is 0.398. The molecular weight excluding hydrogens is 248 g/mol. The van der Waals surface area contributed by atoms with Crippen LogP contribution in [-0.4, -0.2) is 5.91 Å². The van der Waals surface area contributed by atoms with E-state index in [1.165, 1.54) is 0 Å². The van der Waals surface area contributed by atoms with Crippen molar-refractivity contribution in [3.05, 3.63) is 66.2 Å². The number of carbonyl (C=O) groups excluding carboxylic acids is 1. The Morgan fingerprint density at radius 2 is 1.35 bits per heavy atom. The molecule has 98 valence electrons. The summed E-state index contributed by atoms with van der Waals surface area (Å²) in [4.78, 5) is 11.7. The van der Waals surface area contributed by atoms with E-state index in [0.29, 0.717) is 11.3 Å². The Hall–Kier alpha value is -2.81. The fraction of sp³-hybridized carbons (Fsp3) is 0. The van der Waals surface area contributed by atoms with E-state index in [9.17, 15) is 4.79 Å². The first kappa shape index (κ1) is 12.2. The lowest BCUT2D eigenvalue weighted by molar-refractivity contribution is 0.100. The van der Waals surface area contributed by atoms with Crippen molar-refractivity contribution in [1.29, 1.82) is 0 Å². The molecule has 0 saturated heterocycles. The molecule has 0 fully saturated rings. The van der Waals surface area contributed by atoms with Gasteiger partial charge in [-0.25, -0.2) is 0 Å². The van der Waals surface area contributed by atoms with Crippen LogP contribution in [0.15, 0.2) is 60.7 Å². The highest BCUT2D eigenvalue weighted by atomic mass is 16.1. The SMILES string of the molecule is NC(=O)c1c2cccccc-2c(-c2ccccc2)c1N. The molecule has 3 heteroatoms. The van der Waals surface area contributed by atoms with Crippen molar-refractivity contribution in [2.24, 2.45) is 5.73 Å². The van der Waals surface area contributed by atoms with E-state index >= 15 is 0 Å². The van der Waals surface area contributed by atoms with Gasteiger partial charge in [0.1, 0.15) is 0 Å². The van der Waals surface area contributed by atoms with Gasteiger partial charge in [-0.3, -0.25) is 4.79 Å². The zero-order valence-corrected chi connectivity index (χ0v) is 10.8.